The van der Waals surface area contributed by atoms with Crippen molar-refractivity contribution in [3.05, 3.63) is 83.4 Å². The van der Waals surface area contributed by atoms with Crippen molar-refractivity contribution in [3.8, 4) is 17.2 Å². The molecular weight excluding hydrogens is 480 g/mol. The van der Waals surface area contributed by atoms with E-state index < -0.39 is 10.0 Å². The summed E-state index contributed by atoms with van der Waals surface area (Å²) in [4.78, 5) is 12.8. The number of hydrogen-bond acceptors (Lipinski definition) is 6. The normalized spacial score (nSPS) is 11.2. The first-order valence-corrected chi connectivity index (χ1v) is 13.0. The first-order chi connectivity index (χ1) is 17.3. The Labute approximate surface area is 212 Å². The Morgan fingerprint density at radius 1 is 0.833 bits per heavy atom. The lowest BCUT2D eigenvalue weighted by Gasteiger charge is -2.22. The van der Waals surface area contributed by atoms with E-state index >= 15 is 0 Å². The van der Waals surface area contributed by atoms with E-state index in [4.69, 9.17) is 14.2 Å². The van der Waals surface area contributed by atoms with Crippen LogP contribution >= 0.6 is 0 Å². The number of amides is 1. The molecular formula is C27H32N2O6S. The van der Waals surface area contributed by atoms with Gasteiger partial charge in [-0.3, -0.25) is 4.79 Å². The highest BCUT2D eigenvalue weighted by Crippen LogP contribution is 2.29. The van der Waals surface area contributed by atoms with Gasteiger partial charge in [-0.25, -0.2) is 8.42 Å². The molecule has 1 N–H and O–H groups in total. The molecule has 3 aromatic rings. The van der Waals surface area contributed by atoms with Gasteiger partial charge >= 0.3 is 0 Å². The lowest BCUT2D eigenvalue weighted by molar-refractivity contribution is 0.0954. The van der Waals surface area contributed by atoms with Crippen LogP contribution in [0, 0.1) is 0 Å². The zero-order valence-electron chi connectivity index (χ0n) is 21.0. The van der Waals surface area contributed by atoms with Crippen LogP contribution in [-0.4, -0.2) is 53.0 Å². The van der Waals surface area contributed by atoms with Crippen molar-refractivity contribution in [1.82, 2.24) is 9.62 Å². The second-order valence-electron chi connectivity index (χ2n) is 7.98. The van der Waals surface area contributed by atoms with Gasteiger partial charge in [-0.05, 0) is 47.9 Å². The van der Waals surface area contributed by atoms with E-state index in [2.05, 4.69) is 5.32 Å². The second-order valence-corrected chi connectivity index (χ2v) is 9.88. The zero-order valence-corrected chi connectivity index (χ0v) is 21.8. The summed E-state index contributed by atoms with van der Waals surface area (Å²) in [6.45, 7) is 2.61. The van der Waals surface area contributed by atoms with Crippen molar-refractivity contribution in [1.29, 1.82) is 0 Å². The molecule has 0 unspecified atom stereocenters. The molecule has 9 heteroatoms. The summed E-state index contributed by atoms with van der Waals surface area (Å²) in [5.41, 5.74) is 2.06. The van der Waals surface area contributed by atoms with Crippen LogP contribution in [0.4, 0.5) is 0 Å². The van der Waals surface area contributed by atoms with Crippen LogP contribution in [0.5, 0.6) is 17.2 Å². The molecule has 0 spiro atoms. The highest BCUT2D eigenvalue weighted by Gasteiger charge is 2.28. The van der Waals surface area contributed by atoms with Crippen LogP contribution < -0.4 is 19.5 Å². The molecule has 0 aliphatic heterocycles. The maximum Gasteiger partial charge on any atom is 0.251 e. The summed E-state index contributed by atoms with van der Waals surface area (Å²) < 4.78 is 44.3. The third-order valence-corrected chi connectivity index (χ3v) is 7.69. The van der Waals surface area contributed by atoms with E-state index in [1.165, 1.54) is 23.5 Å². The van der Waals surface area contributed by atoms with E-state index in [1.54, 1.807) is 27.2 Å². The number of methoxy groups -OCH3 is 3. The fourth-order valence-corrected chi connectivity index (χ4v) is 5.39. The molecule has 0 atom stereocenters. The third-order valence-electron chi connectivity index (χ3n) is 5.75. The van der Waals surface area contributed by atoms with E-state index in [-0.39, 0.29) is 35.2 Å². The molecule has 1 amide bonds. The predicted molar refractivity (Wildman–Crippen MR) is 138 cm³/mol. The fourth-order valence-electron chi connectivity index (χ4n) is 3.77. The van der Waals surface area contributed by atoms with Crippen LogP contribution in [0.3, 0.4) is 0 Å². The van der Waals surface area contributed by atoms with Crippen molar-refractivity contribution < 1.29 is 27.4 Å². The summed E-state index contributed by atoms with van der Waals surface area (Å²) in [6.07, 6.45) is 0.564. The van der Waals surface area contributed by atoms with Crippen LogP contribution in [0.25, 0.3) is 0 Å². The fraction of sp³-hybridized carbons (Fsp3) is 0.296. The first-order valence-electron chi connectivity index (χ1n) is 11.5. The highest BCUT2D eigenvalue weighted by molar-refractivity contribution is 7.89. The number of carbonyl (C=O) groups is 1. The summed E-state index contributed by atoms with van der Waals surface area (Å²) >= 11 is 0. The van der Waals surface area contributed by atoms with Gasteiger partial charge in [0.25, 0.3) is 5.91 Å². The highest BCUT2D eigenvalue weighted by atomic mass is 32.2. The monoisotopic (exact) mass is 512 g/mol. The minimum absolute atomic E-state index is 0.0460. The number of sulfonamides is 1. The van der Waals surface area contributed by atoms with Crippen LogP contribution in [0.15, 0.2) is 71.6 Å². The van der Waals surface area contributed by atoms with E-state index in [9.17, 15) is 13.2 Å². The molecule has 0 fully saturated rings. The summed E-state index contributed by atoms with van der Waals surface area (Å²) in [6, 6.07) is 19.3. The van der Waals surface area contributed by atoms with Gasteiger partial charge in [0.15, 0.2) is 11.5 Å². The molecule has 0 aliphatic carbocycles. The largest absolute Gasteiger partial charge is 0.495 e. The Kier molecular flexibility index (Phi) is 9.32. The molecule has 0 aromatic heterocycles. The van der Waals surface area contributed by atoms with Gasteiger partial charge in [-0.2, -0.15) is 4.31 Å². The predicted octanol–water partition coefficient (Wildman–Crippen LogP) is 3.90. The minimum Gasteiger partial charge on any atom is -0.495 e. The molecule has 192 valence electrons. The van der Waals surface area contributed by atoms with Gasteiger partial charge in [-0.1, -0.05) is 43.3 Å². The Hall–Kier alpha value is -3.56. The number of nitrogens with one attached hydrogen (secondary N) is 1. The number of hydrogen-bond donors (Lipinski definition) is 1. The Balaban J connectivity index is 1.76. The zero-order chi connectivity index (χ0) is 26.1. The van der Waals surface area contributed by atoms with Gasteiger partial charge in [0.1, 0.15) is 10.6 Å². The number of nitrogens with zero attached hydrogens (tertiary/aromatic N) is 1. The molecule has 0 saturated heterocycles. The molecule has 8 nitrogen and oxygen atoms in total. The molecule has 0 radical (unpaired) electrons. The summed E-state index contributed by atoms with van der Waals surface area (Å²) in [5, 5.41) is 2.85. The van der Waals surface area contributed by atoms with Gasteiger partial charge in [0.05, 0.1) is 21.3 Å². The number of rotatable bonds is 12. The van der Waals surface area contributed by atoms with Crippen LogP contribution in [-0.2, 0) is 23.0 Å². The first kappa shape index (κ1) is 27.0. The summed E-state index contributed by atoms with van der Waals surface area (Å²) in [7, 11) is 0.624. The number of carbonyl (C=O) groups excluding carboxylic acids is 1. The van der Waals surface area contributed by atoms with Gasteiger partial charge in [0.2, 0.25) is 10.0 Å². The molecule has 3 aromatic carbocycles. The molecule has 0 heterocycles. The van der Waals surface area contributed by atoms with E-state index in [0.717, 1.165) is 11.1 Å². The van der Waals surface area contributed by atoms with Gasteiger partial charge in [0, 0.05) is 25.2 Å². The minimum atomic E-state index is -3.92. The number of benzene rings is 3. The van der Waals surface area contributed by atoms with Crippen LogP contribution in [0.2, 0.25) is 0 Å². The lowest BCUT2D eigenvalue weighted by Crippen LogP contribution is -2.31. The molecule has 3 rings (SSSR count). The van der Waals surface area contributed by atoms with Gasteiger partial charge < -0.3 is 19.5 Å². The Morgan fingerprint density at radius 2 is 1.50 bits per heavy atom. The molecule has 36 heavy (non-hydrogen) atoms. The Bertz CT molecular complexity index is 1280. The van der Waals surface area contributed by atoms with Crippen molar-refractivity contribution >= 4 is 15.9 Å². The van der Waals surface area contributed by atoms with Crippen molar-refractivity contribution in [2.75, 3.05) is 34.4 Å². The summed E-state index contributed by atoms with van der Waals surface area (Å²) in [5.74, 6) is 1.05. The second kappa shape index (κ2) is 12.4. The molecule has 0 saturated carbocycles. The SMILES string of the molecule is CCN(Cc1ccccc1)S(=O)(=O)c1cc(C(=O)NCCc2ccc(OC)c(OC)c2)ccc1OC. The molecule has 0 aliphatic rings. The van der Waals surface area contributed by atoms with E-state index in [1.807, 2.05) is 48.5 Å². The van der Waals surface area contributed by atoms with Crippen LogP contribution in [0.1, 0.15) is 28.4 Å². The van der Waals surface area contributed by atoms with Crippen molar-refractivity contribution in [2.24, 2.45) is 0 Å². The average molecular weight is 513 g/mol. The molecule has 0 bridgehead atoms. The number of ether oxygens (including phenoxy) is 3. The van der Waals surface area contributed by atoms with Crippen molar-refractivity contribution in [3.63, 3.8) is 0 Å². The standard InChI is InChI=1S/C27H32N2O6S/c1-5-29(19-21-9-7-6-8-10-21)36(31,32)26-18-22(12-14-24(26)34-3)27(30)28-16-15-20-11-13-23(33-2)25(17-20)35-4/h6-14,17-18H,5,15-16,19H2,1-4H3,(H,28,30). The third kappa shape index (κ3) is 6.35. The average Bonchev–Trinajstić information content (AvgIpc) is 2.91. The topological polar surface area (TPSA) is 94.2 Å². The van der Waals surface area contributed by atoms with E-state index in [0.29, 0.717) is 24.5 Å². The maximum atomic E-state index is 13.5. The Morgan fingerprint density at radius 3 is 2.14 bits per heavy atom. The lowest BCUT2D eigenvalue weighted by atomic mass is 10.1. The van der Waals surface area contributed by atoms with Crippen molar-refractivity contribution in [2.45, 2.75) is 24.8 Å². The van der Waals surface area contributed by atoms with Gasteiger partial charge in [-0.15, -0.1) is 0 Å². The quantitative estimate of drug-likeness (QED) is 0.396. The maximum absolute atomic E-state index is 13.5. The smallest absolute Gasteiger partial charge is 0.251 e.